The molecule has 0 aliphatic rings. The summed E-state index contributed by atoms with van der Waals surface area (Å²) in [6, 6.07) is 5.14. The fourth-order valence-electron chi connectivity index (χ4n) is 1.70. The van der Waals surface area contributed by atoms with E-state index in [-0.39, 0.29) is 12.4 Å². The maximum absolute atomic E-state index is 11.2. The number of hydrogen-bond donors (Lipinski definition) is 1. The Hall–Kier alpha value is -1.10. The molecule has 1 rings (SSSR count). The molecule has 18 heavy (non-hydrogen) atoms. The van der Waals surface area contributed by atoms with Gasteiger partial charge in [-0.05, 0) is 25.1 Å². The number of hydrogen-bond acceptors (Lipinski definition) is 4. The third kappa shape index (κ3) is 3.98. The van der Waals surface area contributed by atoms with E-state index in [4.69, 9.17) is 16.3 Å². The zero-order chi connectivity index (χ0) is 13.7. The summed E-state index contributed by atoms with van der Waals surface area (Å²) in [6.07, 6.45) is -0.580. The van der Waals surface area contributed by atoms with Crippen LogP contribution in [0.1, 0.15) is 17.3 Å². The monoisotopic (exact) mass is 271 g/mol. The molecule has 100 valence electrons. The molecule has 0 fully saturated rings. The van der Waals surface area contributed by atoms with Gasteiger partial charge in [-0.3, -0.25) is 4.79 Å². The highest BCUT2D eigenvalue weighted by Crippen LogP contribution is 2.26. The van der Waals surface area contributed by atoms with Gasteiger partial charge in [0.1, 0.15) is 0 Å². The number of carbonyl (C=O) groups excluding carboxylic acids is 1. The van der Waals surface area contributed by atoms with Gasteiger partial charge in [-0.25, -0.2) is 0 Å². The predicted octanol–water partition coefficient (Wildman–Crippen LogP) is 1.99. The van der Waals surface area contributed by atoms with Crippen molar-refractivity contribution >= 4 is 23.1 Å². The Bertz CT molecular complexity index is 423. The van der Waals surface area contributed by atoms with Crippen LogP contribution in [0.25, 0.3) is 0 Å². The molecule has 0 saturated heterocycles. The summed E-state index contributed by atoms with van der Waals surface area (Å²) in [6.45, 7) is 2.18. The highest BCUT2D eigenvalue weighted by atomic mass is 35.5. The Labute approximate surface area is 112 Å². The van der Waals surface area contributed by atoms with Gasteiger partial charge in [0.05, 0.1) is 23.4 Å². The first-order valence-electron chi connectivity index (χ1n) is 5.64. The Kier molecular flexibility index (Phi) is 5.59. The molecule has 1 atom stereocenters. The highest BCUT2D eigenvalue weighted by molar-refractivity contribution is 6.33. The molecule has 0 aliphatic heterocycles. The molecule has 0 heterocycles. The maximum atomic E-state index is 11.2. The van der Waals surface area contributed by atoms with Crippen molar-refractivity contribution in [2.75, 3.05) is 32.2 Å². The number of anilines is 1. The van der Waals surface area contributed by atoms with Gasteiger partial charge < -0.3 is 14.7 Å². The second-order valence-corrected chi connectivity index (χ2v) is 4.62. The lowest BCUT2D eigenvalue weighted by atomic mass is 10.1. The van der Waals surface area contributed by atoms with E-state index in [2.05, 4.69) is 0 Å². The first-order chi connectivity index (χ1) is 8.45. The van der Waals surface area contributed by atoms with Gasteiger partial charge in [-0.2, -0.15) is 0 Å². The summed E-state index contributed by atoms with van der Waals surface area (Å²) < 4.78 is 4.87. The average Bonchev–Trinajstić information content (AvgIpc) is 2.28. The molecule has 1 N–H and O–H groups in total. The SMILES string of the molecule is COCC(O)CN(C)c1ccc(C(C)=O)cc1Cl. The number of ether oxygens (including phenoxy) is 1. The van der Waals surface area contributed by atoms with Crippen LogP contribution in [0, 0.1) is 0 Å². The van der Waals surface area contributed by atoms with E-state index in [1.165, 1.54) is 14.0 Å². The van der Waals surface area contributed by atoms with E-state index in [9.17, 15) is 9.90 Å². The fraction of sp³-hybridized carbons (Fsp3) is 0.462. The van der Waals surface area contributed by atoms with E-state index in [1.54, 1.807) is 18.2 Å². The number of aliphatic hydroxyl groups is 1. The van der Waals surface area contributed by atoms with Gasteiger partial charge in [-0.1, -0.05) is 11.6 Å². The normalized spacial score (nSPS) is 12.3. The summed E-state index contributed by atoms with van der Waals surface area (Å²) in [4.78, 5) is 13.0. The highest BCUT2D eigenvalue weighted by Gasteiger charge is 2.12. The molecule has 0 bridgehead atoms. The molecule has 0 saturated carbocycles. The van der Waals surface area contributed by atoms with Crippen molar-refractivity contribution in [2.45, 2.75) is 13.0 Å². The largest absolute Gasteiger partial charge is 0.389 e. The van der Waals surface area contributed by atoms with Crippen molar-refractivity contribution in [2.24, 2.45) is 0 Å². The smallest absolute Gasteiger partial charge is 0.159 e. The minimum Gasteiger partial charge on any atom is -0.389 e. The number of carbonyl (C=O) groups is 1. The van der Waals surface area contributed by atoms with Crippen LogP contribution in [0.2, 0.25) is 5.02 Å². The summed E-state index contributed by atoms with van der Waals surface area (Å²) in [5.74, 6) is -0.0227. The van der Waals surface area contributed by atoms with Gasteiger partial charge >= 0.3 is 0 Å². The Morgan fingerprint density at radius 2 is 2.22 bits per heavy atom. The van der Waals surface area contributed by atoms with Gasteiger partial charge in [0, 0.05) is 26.3 Å². The molecule has 5 heteroatoms. The van der Waals surface area contributed by atoms with E-state index in [1.807, 2.05) is 11.9 Å². The molecule has 0 spiro atoms. The summed E-state index contributed by atoms with van der Waals surface area (Å²) in [7, 11) is 3.37. The second kappa shape index (κ2) is 6.73. The van der Waals surface area contributed by atoms with E-state index in [0.29, 0.717) is 17.1 Å². The quantitative estimate of drug-likeness (QED) is 0.804. The number of aliphatic hydroxyl groups excluding tert-OH is 1. The topological polar surface area (TPSA) is 49.8 Å². The lowest BCUT2D eigenvalue weighted by Crippen LogP contribution is -2.32. The Balaban J connectivity index is 2.80. The fourth-order valence-corrected chi connectivity index (χ4v) is 2.02. The lowest BCUT2D eigenvalue weighted by molar-refractivity contribution is 0.0695. The average molecular weight is 272 g/mol. The van der Waals surface area contributed by atoms with E-state index in [0.717, 1.165) is 5.69 Å². The van der Waals surface area contributed by atoms with Gasteiger partial charge in [-0.15, -0.1) is 0 Å². The van der Waals surface area contributed by atoms with Crippen LogP contribution >= 0.6 is 11.6 Å². The number of halogens is 1. The predicted molar refractivity (Wildman–Crippen MR) is 72.6 cm³/mol. The molecular formula is C13H18ClNO3. The second-order valence-electron chi connectivity index (χ2n) is 4.21. The molecule has 0 aromatic heterocycles. The first-order valence-corrected chi connectivity index (χ1v) is 6.02. The van der Waals surface area contributed by atoms with Crippen LogP contribution in [-0.4, -0.2) is 44.3 Å². The Morgan fingerprint density at radius 3 is 2.72 bits per heavy atom. The summed E-state index contributed by atoms with van der Waals surface area (Å²) in [5, 5.41) is 10.1. The van der Waals surface area contributed by atoms with E-state index < -0.39 is 6.10 Å². The van der Waals surface area contributed by atoms with Crippen LogP contribution < -0.4 is 4.90 Å². The number of benzene rings is 1. The number of ketones is 1. The molecule has 4 nitrogen and oxygen atoms in total. The molecule has 1 aromatic rings. The van der Waals surface area contributed by atoms with Crippen molar-refractivity contribution in [3.8, 4) is 0 Å². The first kappa shape index (κ1) is 15.0. The molecule has 0 radical (unpaired) electrons. The minimum absolute atomic E-state index is 0.0227. The van der Waals surface area contributed by atoms with E-state index >= 15 is 0 Å². The summed E-state index contributed by atoms with van der Waals surface area (Å²) >= 11 is 6.12. The maximum Gasteiger partial charge on any atom is 0.159 e. The zero-order valence-corrected chi connectivity index (χ0v) is 11.6. The van der Waals surface area contributed by atoms with Crippen molar-refractivity contribution in [1.29, 1.82) is 0 Å². The number of Topliss-reactive ketones (excluding diaryl/α,β-unsaturated/α-hetero) is 1. The van der Waals surface area contributed by atoms with Crippen LogP contribution in [0.15, 0.2) is 18.2 Å². The number of methoxy groups -OCH3 is 1. The molecule has 0 aliphatic carbocycles. The van der Waals surface area contributed by atoms with Gasteiger partial charge in [0.2, 0.25) is 0 Å². The standard InChI is InChI=1S/C13H18ClNO3/c1-9(16)10-4-5-13(12(14)6-10)15(2)7-11(17)8-18-3/h4-6,11,17H,7-8H2,1-3H3. The Morgan fingerprint density at radius 1 is 1.56 bits per heavy atom. The summed E-state index contributed by atoms with van der Waals surface area (Å²) in [5.41, 5.74) is 1.35. The molecule has 0 amide bonds. The molecule has 1 aromatic carbocycles. The van der Waals surface area contributed by atoms with Crippen LogP contribution in [-0.2, 0) is 4.74 Å². The number of rotatable bonds is 6. The third-order valence-corrected chi connectivity index (χ3v) is 2.91. The van der Waals surface area contributed by atoms with Crippen LogP contribution in [0.4, 0.5) is 5.69 Å². The van der Waals surface area contributed by atoms with Crippen molar-refractivity contribution in [3.63, 3.8) is 0 Å². The molecular weight excluding hydrogens is 254 g/mol. The van der Waals surface area contributed by atoms with Crippen molar-refractivity contribution < 1.29 is 14.6 Å². The van der Waals surface area contributed by atoms with Crippen LogP contribution in [0.5, 0.6) is 0 Å². The van der Waals surface area contributed by atoms with Crippen molar-refractivity contribution in [1.82, 2.24) is 0 Å². The number of likely N-dealkylation sites (N-methyl/N-ethyl adjacent to an activating group) is 1. The minimum atomic E-state index is -0.580. The van der Waals surface area contributed by atoms with Gasteiger partial charge in [0.25, 0.3) is 0 Å². The number of nitrogens with zero attached hydrogens (tertiary/aromatic N) is 1. The van der Waals surface area contributed by atoms with Crippen molar-refractivity contribution in [3.05, 3.63) is 28.8 Å². The molecule has 1 unspecified atom stereocenters. The lowest BCUT2D eigenvalue weighted by Gasteiger charge is -2.23. The van der Waals surface area contributed by atoms with Gasteiger partial charge in [0.15, 0.2) is 5.78 Å². The van der Waals surface area contributed by atoms with Crippen LogP contribution in [0.3, 0.4) is 0 Å². The third-order valence-electron chi connectivity index (χ3n) is 2.61. The zero-order valence-electron chi connectivity index (χ0n) is 10.8.